The van der Waals surface area contributed by atoms with Crippen molar-refractivity contribution in [2.75, 3.05) is 19.8 Å². The molecule has 188 valence electrons. The third-order valence-electron chi connectivity index (χ3n) is 5.70. The lowest BCUT2D eigenvalue weighted by Crippen LogP contribution is -2.51. The van der Waals surface area contributed by atoms with E-state index in [1.165, 1.54) is 44.9 Å². The van der Waals surface area contributed by atoms with Gasteiger partial charge in [0.15, 0.2) is 0 Å². The number of ether oxygens (including phenoxy) is 4. The first kappa shape index (κ1) is 27.3. The first-order valence-corrected chi connectivity index (χ1v) is 12.6. The Balaban J connectivity index is 1.72. The average molecular weight is 464 g/mol. The fourth-order valence-corrected chi connectivity index (χ4v) is 3.94. The highest BCUT2D eigenvalue weighted by atomic mass is 16.6. The van der Waals surface area contributed by atoms with Crippen LogP contribution in [0.25, 0.3) is 0 Å². The Morgan fingerprint density at radius 2 is 1.52 bits per heavy atom. The van der Waals surface area contributed by atoms with Crippen LogP contribution in [0.2, 0.25) is 0 Å². The molecule has 2 rings (SSSR count). The molecule has 1 aliphatic rings. The molecule has 1 fully saturated rings. The van der Waals surface area contributed by atoms with Crippen molar-refractivity contribution in [3.63, 3.8) is 0 Å². The Morgan fingerprint density at radius 3 is 2.09 bits per heavy atom. The zero-order valence-corrected chi connectivity index (χ0v) is 21.7. The highest BCUT2D eigenvalue weighted by molar-refractivity contribution is 5.69. The number of hydrogen-bond acceptors (Lipinski definition) is 5. The van der Waals surface area contributed by atoms with Crippen LogP contribution in [-0.2, 0) is 9.47 Å². The Bertz CT molecular complexity index is 695. The summed E-state index contributed by atoms with van der Waals surface area (Å²) in [6.07, 6.45) is 9.94. The summed E-state index contributed by atoms with van der Waals surface area (Å²) < 4.78 is 23.2. The van der Waals surface area contributed by atoms with Gasteiger partial charge in [-0.25, -0.2) is 4.79 Å². The van der Waals surface area contributed by atoms with Gasteiger partial charge in [-0.15, -0.1) is 0 Å². The number of nitrogens with zero attached hydrogens (tertiary/aromatic N) is 1. The quantitative estimate of drug-likeness (QED) is 0.296. The summed E-state index contributed by atoms with van der Waals surface area (Å²) in [6.45, 7) is 13.1. The van der Waals surface area contributed by atoms with E-state index in [2.05, 4.69) is 6.92 Å². The van der Waals surface area contributed by atoms with Crippen LogP contribution in [0.15, 0.2) is 24.3 Å². The van der Waals surface area contributed by atoms with Gasteiger partial charge in [0.1, 0.15) is 29.4 Å². The molecule has 0 bridgehead atoms. The van der Waals surface area contributed by atoms with Gasteiger partial charge in [-0.1, -0.05) is 51.9 Å². The van der Waals surface area contributed by atoms with E-state index in [-0.39, 0.29) is 12.1 Å². The van der Waals surface area contributed by atoms with Crippen LogP contribution in [0.5, 0.6) is 11.5 Å². The molecular weight excluding hydrogens is 418 g/mol. The van der Waals surface area contributed by atoms with Gasteiger partial charge < -0.3 is 18.9 Å². The minimum Gasteiger partial charge on any atom is -0.494 e. The van der Waals surface area contributed by atoms with Gasteiger partial charge in [0.25, 0.3) is 0 Å². The number of amides is 1. The van der Waals surface area contributed by atoms with E-state index in [4.69, 9.17) is 18.9 Å². The Labute approximate surface area is 200 Å². The SMILES string of the molecule is CCCCCCCCCCOc1ccc(OC[C@@H]2COC(C)(C)N2C(=O)OC(C)(C)C)cc1. The van der Waals surface area contributed by atoms with E-state index in [0.29, 0.717) is 13.2 Å². The highest BCUT2D eigenvalue weighted by Gasteiger charge is 2.46. The summed E-state index contributed by atoms with van der Waals surface area (Å²) in [7, 11) is 0. The molecule has 0 spiro atoms. The number of benzene rings is 1. The maximum Gasteiger partial charge on any atom is 0.413 e. The predicted molar refractivity (Wildman–Crippen MR) is 132 cm³/mol. The predicted octanol–water partition coefficient (Wildman–Crippen LogP) is 6.96. The maximum atomic E-state index is 12.7. The zero-order valence-electron chi connectivity index (χ0n) is 21.7. The van der Waals surface area contributed by atoms with Crippen molar-refractivity contribution in [3.8, 4) is 11.5 Å². The number of hydrogen-bond donors (Lipinski definition) is 0. The second-order valence-corrected chi connectivity index (χ2v) is 10.4. The van der Waals surface area contributed by atoms with E-state index in [1.807, 2.05) is 58.9 Å². The smallest absolute Gasteiger partial charge is 0.413 e. The van der Waals surface area contributed by atoms with Crippen molar-refractivity contribution in [3.05, 3.63) is 24.3 Å². The Kier molecular flexibility index (Phi) is 10.8. The highest BCUT2D eigenvalue weighted by Crippen LogP contribution is 2.30. The number of carbonyl (C=O) groups is 1. The van der Waals surface area contributed by atoms with E-state index >= 15 is 0 Å². The molecule has 1 atom stereocenters. The molecular formula is C27H45NO5. The Hall–Kier alpha value is -1.95. The van der Waals surface area contributed by atoms with E-state index in [9.17, 15) is 4.79 Å². The van der Waals surface area contributed by atoms with Crippen LogP contribution in [0.1, 0.15) is 92.9 Å². The van der Waals surface area contributed by atoms with E-state index < -0.39 is 11.3 Å². The fourth-order valence-electron chi connectivity index (χ4n) is 3.94. The van der Waals surface area contributed by atoms with Gasteiger partial charge in [-0.05, 0) is 65.3 Å². The molecule has 6 heteroatoms. The van der Waals surface area contributed by atoms with Gasteiger partial charge >= 0.3 is 6.09 Å². The normalized spacial score (nSPS) is 17.8. The van der Waals surface area contributed by atoms with Gasteiger partial charge in [0, 0.05) is 0 Å². The van der Waals surface area contributed by atoms with E-state index in [0.717, 1.165) is 24.5 Å². The molecule has 1 amide bonds. The van der Waals surface area contributed by atoms with Crippen molar-refractivity contribution in [1.82, 2.24) is 4.90 Å². The minimum atomic E-state index is -0.733. The first-order valence-electron chi connectivity index (χ1n) is 12.6. The van der Waals surface area contributed by atoms with Gasteiger partial charge in [-0.2, -0.15) is 0 Å². The summed E-state index contributed by atoms with van der Waals surface area (Å²) >= 11 is 0. The third kappa shape index (κ3) is 9.83. The lowest BCUT2D eigenvalue weighted by Gasteiger charge is -2.35. The second-order valence-electron chi connectivity index (χ2n) is 10.4. The molecule has 1 aromatic carbocycles. The molecule has 1 aromatic rings. The van der Waals surface area contributed by atoms with Crippen LogP contribution >= 0.6 is 0 Å². The van der Waals surface area contributed by atoms with Crippen LogP contribution in [0.4, 0.5) is 4.79 Å². The maximum absolute atomic E-state index is 12.7. The van der Waals surface area contributed by atoms with Crippen molar-refractivity contribution in [2.24, 2.45) is 0 Å². The van der Waals surface area contributed by atoms with Crippen LogP contribution in [-0.4, -0.2) is 48.2 Å². The summed E-state index contributed by atoms with van der Waals surface area (Å²) in [6, 6.07) is 7.46. The Morgan fingerprint density at radius 1 is 0.970 bits per heavy atom. The molecule has 0 aromatic heterocycles. The van der Waals surface area contributed by atoms with Crippen LogP contribution in [0, 0.1) is 0 Å². The van der Waals surface area contributed by atoms with Crippen LogP contribution < -0.4 is 9.47 Å². The molecule has 0 N–H and O–H groups in total. The second kappa shape index (κ2) is 13.1. The van der Waals surface area contributed by atoms with E-state index in [1.54, 1.807) is 4.90 Å². The van der Waals surface area contributed by atoms with Crippen molar-refractivity contribution < 1.29 is 23.7 Å². The molecule has 0 aliphatic carbocycles. The van der Waals surface area contributed by atoms with Gasteiger partial charge in [-0.3, -0.25) is 4.90 Å². The molecule has 0 saturated carbocycles. The largest absolute Gasteiger partial charge is 0.494 e. The summed E-state index contributed by atoms with van der Waals surface area (Å²) in [4.78, 5) is 14.4. The molecule has 0 unspecified atom stereocenters. The lowest BCUT2D eigenvalue weighted by atomic mass is 10.1. The van der Waals surface area contributed by atoms with Crippen molar-refractivity contribution in [1.29, 1.82) is 0 Å². The number of unbranched alkanes of at least 4 members (excludes halogenated alkanes) is 7. The first-order chi connectivity index (χ1) is 15.6. The third-order valence-corrected chi connectivity index (χ3v) is 5.70. The topological polar surface area (TPSA) is 57.2 Å². The van der Waals surface area contributed by atoms with Gasteiger partial charge in [0.05, 0.1) is 19.3 Å². The van der Waals surface area contributed by atoms with Crippen molar-refractivity contribution in [2.45, 2.75) is 110 Å². The molecule has 1 heterocycles. The number of carbonyl (C=O) groups excluding carboxylic acids is 1. The fraction of sp³-hybridized carbons (Fsp3) is 0.741. The molecule has 1 aliphatic heterocycles. The average Bonchev–Trinajstić information content (AvgIpc) is 3.05. The summed E-state index contributed by atoms with van der Waals surface area (Å²) in [5.74, 6) is 1.59. The molecule has 1 saturated heterocycles. The monoisotopic (exact) mass is 463 g/mol. The minimum absolute atomic E-state index is 0.215. The zero-order chi connectivity index (χ0) is 24.3. The molecule has 0 radical (unpaired) electrons. The molecule has 6 nitrogen and oxygen atoms in total. The summed E-state index contributed by atoms with van der Waals surface area (Å²) in [5, 5.41) is 0. The number of rotatable bonds is 13. The molecule has 33 heavy (non-hydrogen) atoms. The summed E-state index contributed by atoms with van der Waals surface area (Å²) in [5.41, 5.74) is -1.30. The van der Waals surface area contributed by atoms with Crippen molar-refractivity contribution >= 4 is 6.09 Å². The van der Waals surface area contributed by atoms with Crippen LogP contribution in [0.3, 0.4) is 0 Å². The standard InChI is InChI=1S/C27H45NO5/c1-7-8-9-10-11-12-13-14-19-30-23-15-17-24(18-16-23)31-20-22-21-32-27(5,6)28(22)25(29)33-26(2,3)4/h15-18,22H,7-14,19-21H2,1-6H3/t22-/m1/s1. The lowest BCUT2D eigenvalue weighted by molar-refractivity contribution is -0.0637. The van der Waals surface area contributed by atoms with Gasteiger partial charge in [0.2, 0.25) is 0 Å².